The Bertz CT molecular complexity index is 850. The second-order valence-electron chi connectivity index (χ2n) is 5.70. The summed E-state index contributed by atoms with van der Waals surface area (Å²) in [4.78, 5) is 14.2. The first-order valence-corrected chi connectivity index (χ1v) is 9.16. The fourth-order valence-electron chi connectivity index (χ4n) is 2.65. The summed E-state index contributed by atoms with van der Waals surface area (Å²) in [6.07, 6.45) is 4.46. The lowest BCUT2D eigenvalue weighted by Crippen LogP contribution is -2.50. The monoisotopic (exact) mass is 368 g/mol. The average Bonchev–Trinajstić information content (AvgIpc) is 3.24. The number of methoxy groups -OCH3 is 1. The molecule has 2 aromatic heterocycles. The van der Waals surface area contributed by atoms with E-state index >= 15 is 0 Å². The Balaban J connectivity index is 1.64. The highest BCUT2D eigenvalue weighted by molar-refractivity contribution is 7.89. The zero-order chi connectivity index (χ0) is 18.0. The molecule has 0 radical (unpaired) electrons. The number of amides is 1. The Labute approximate surface area is 145 Å². The van der Waals surface area contributed by atoms with E-state index in [4.69, 9.17) is 4.74 Å². The fourth-order valence-corrected chi connectivity index (χ4v) is 4.06. The number of ether oxygens (including phenoxy) is 1. The van der Waals surface area contributed by atoms with E-state index in [1.54, 1.807) is 31.3 Å². The molecule has 25 heavy (non-hydrogen) atoms. The van der Waals surface area contributed by atoms with E-state index in [2.05, 4.69) is 10.2 Å². The van der Waals surface area contributed by atoms with Crippen LogP contribution in [0.15, 0.2) is 29.6 Å². The van der Waals surface area contributed by atoms with Gasteiger partial charge in [-0.3, -0.25) is 9.48 Å². The maximum absolute atomic E-state index is 12.6. The van der Waals surface area contributed by atoms with E-state index in [-0.39, 0.29) is 30.6 Å². The number of aromatic nitrogens is 4. The predicted molar refractivity (Wildman–Crippen MR) is 87.1 cm³/mol. The van der Waals surface area contributed by atoms with Crippen molar-refractivity contribution < 1.29 is 17.9 Å². The smallest absolute Gasteiger partial charge is 0.274 e. The third-order valence-electron chi connectivity index (χ3n) is 3.97. The lowest BCUT2D eigenvalue weighted by Gasteiger charge is -2.33. The van der Waals surface area contributed by atoms with Crippen LogP contribution < -0.4 is 0 Å². The fraction of sp³-hybridized carbons (Fsp3) is 0.500. The first-order chi connectivity index (χ1) is 11.9. The zero-order valence-electron chi connectivity index (χ0n) is 14.1. The number of hydrogen-bond donors (Lipinski definition) is 0. The normalized spacial score (nSPS) is 16.3. The van der Waals surface area contributed by atoms with Crippen molar-refractivity contribution in [2.75, 3.05) is 33.3 Å². The average molecular weight is 368 g/mol. The first-order valence-electron chi connectivity index (χ1n) is 7.72. The molecule has 0 N–H and O–H groups in total. The van der Waals surface area contributed by atoms with Crippen molar-refractivity contribution in [3.05, 3.63) is 30.4 Å². The molecule has 136 valence electrons. The molecule has 1 amide bonds. The molecule has 3 rings (SSSR count). The van der Waals surface area contributed by atoms with Gasteiger partial charge in [-0.05, 0) is 6.07 Å². The molecular formula is C14H20N6O4S. The van der Waals surface area contributed by atoms with E-state index in [0.29, 0.717) is 18.8 Å². The van der Waals surface area contributed by atoms with Crippen LogP contribution in [0.4, 0.5) is 0 Å². The van der Waals surface area contributed by atoms with Crippen LogP contribution in [0.5, 0.6) is 0 Å². The zero-order valence-corrected chi connectivity index (χ0v) is 14.9. The van der Waals surface area contributed by atoms with Crippen LogP contribution in [0.25, 0.3) is 0 Å². The van der Waals surface area contributed by atoms with E-state index < -0.39 is 10.0 Å². The standard InChI is InChI=1S/C14H20N6O4S/c1-17-10-12(9-15-17)25(22,23)20-7-5-18(6-8-20)14(21)13-3-4-19(16-13)11-24-2/h3-4,9-10H,5-8,11H2,1-2H3. The molecule has 1 aliphatic rings. The van der Waals surface area contributed by atoms with Crippen LogP contribution >= 0.6 is 0 Å². The Hall–Kier alpha value is -2.24. The van der Waals surface area contributed by atoms with E-state index in [0.717, 1.165) is 0 Å². The number of nitrogens with zero attached hydrogens (tertiary/aromatic N) is 6. The van der Waals surface area contributed by atoms with Gasteiger partial charge in [0.15, 0.2) is 0 Å². The molecule has 0 aromatic carbocycles. The van der Waals surface area contributed by atoms with Crippen molar-refractivity contribution in [3.8, 4) is 0 Å². The molecule has 1 fully saturated rings. The topological polar surface area (TPSA) is 103 Å². The second-order valence-corrected chi connectivity index (χ2v) is 7.64. The van der Waals surface area contributed by atoms with Crippen molar-refractivity contribution in [1.82, 2.24) is 28.8 Å². The number of piperazine rings is 1. The number of sulfonamides is 1. The third kappa shape index (κ3) is 3.57. The molecule has 11 heteroatoms. The molecule has 1 saturated heterocycles. The summed E-state index contributed by atoms with van der Waals surface area (Å²) in [5.74, 6) is -0.215. The highest BCUT2D eigenvalue weighted by atomic mass is 32.2. The van der Waals surface area contributed by atoms with Crippen LogP contribution in [0.1, 0.15) is 10.5 Å². The minimum Gasteiger partial charge on any atom is -0.362 e. The number of hydrogen-bond acceptors (Lipinski definition) is 6. The van der Waals surface area contributed by atoms with Gasteiger partial charge in [0.25, 0.3) is 5.91 Å². The minimum atomic E-state index is -3.58. The summed E-state index contributed by atoms with van der Waals surface area (Å²) in [6.45, 7) is 1.37. The molecule has 10 nitrogen and oxygen atoms in total. The molecule has 0 aliphatic carbocycles. The summed E-state index contributed by atoms with van der Waals surface area (Å²) < 4.78 is 34.4. The lowest BCUT2D eigenvalue weighted by molar-refractivity contribution is 0.0687. The molecule has 0 saturated carbocycles. The molecule has 3 heterocycles. The van der Waals surface area contributed by atoms with E-state index in [1.807, 2.05) is 0 Å². The summed E-state index contributed by atoms with van der Waals surface area (Å²) in [7, 11) is -0.371. The van der Waals surface area contributed by atoms with Gasteiger partial charge in [-0.15, -0.1) is 0 Å². The molecule has 1 aliphatic heterocycles. The third-order valence-corrected chi connectivity index (χ3v) is 5.82. The van der Waals surface area contributed by atoms with Gasteiger partial charge in [0, 0.05) is 52.7 Å². The SMILES string of the molecule is COCn1ccc(C(=O)N2CCN(S(=O)(=O)c3cnn(C)c3)CC2)n1. The van der Waals surface area contributed by atoms with Crippen LogP contribution in [0.3, 0.4) is 0 Å². The number of rotatable bonds is 5. The van der Waals surface area contributed by atoms with Gasteiger partial charge in [-0.2, -0.15) is 14.5 Å². The van der Waals surface area contributed by atoms with Gasteiger partial charge in [0.05, 0.1) is 6.20 Å². The number of carbonyl (C=O) groups excluding carboxylic acids is 1. The maximum Gasteiger partial charge on any atom is 0.274 e. The van der Waals surface area contributed by atoms with Crippen LogP contribution in [0.2, 0.25) is 0 Å². The molecule has 0 atom stereocenters. The Morgan fingerprint density at radius 2 is 2.00 bits per heavy atom. The van der Waals surface area contributed by atoms with Gasteiger partial charge in [0.2, 0.25) is 10.0 Å². The quantitative estimate of drug-likeness (QED) is 0.696. The van der Waals surface area contributed by atoms with Crippen LogP contribution in [-0.2, 0) is 28.5 Å². The Morgan fingerprint density at radius 3 is 2.60 bits per heavy atom. The van der Waals surface area contributed by atoms with Gasteiger partial charge in [0.1, 0.15) is 17.3 Å². The lowest BCUT2D eigenvalue weighted by atomic mass is 10.3. The van der Waals surface area contributed by atoms with Crippen LogP contribution in [-0.4, -0.2) is 76.4 Å². The van der Waals surface area contributed by atoms with E-state index in [1.165, 1.54) is 26.1 Å². The predicted octanol–water partition coefficient (Wildman–Crippen LogP) is -0.633. The Morgan fingerprint density at radius 1 is 1.28 bits per heavy atom. The number of carbonyl (C=O) groups is 1. The molecular weight excluding hydrogens is 348 g/mol. The van der Waals surface area contributed by atoms with Crippen molar-refractivity contribution in [2.24, 2.45) is 7.05 Å². The van der Waals surface area contributed by atoms with Gasteiger partial charge >= 0.3 is 0 Å². The van der Waals surface area contributed by atoms with Gasteiger partial charge in [-0.1, -0.05) is 0 Å². The molecule has 2 aromatic rings. The van der Waals surface area contributed by atoms with E-state index in [9.17, 15) is 13.2 Å². The van der Waals surface area contributed by atoms with Crippen molar-refractivity contribution in [1.29, 1.82) is 0 Å². The van der Waals surface area contributed by atoms with Crippen molar-refractivity contribution >= 4 is 15.9 Å². The van der Waals surface area contributed by atoms with Crippen molar-refractivity contribution in [2.45, 2.75) is 11.6 Å². The highest BCUT2D eigenvalue weighted by Gasteiger charge is 2.31. The van der Waals surface area contributed by atoms with Crippen molar-refractivity contribution in [3.63, 3.8) is 0 Å². The van der Waals surface area contributed by atoms with Crippen LogP contribution in [0, 0.1) is 0 Å². The summed E-state index contributed by atoms with van der Waals surface area (Å²) >= 11 is 0. The number of aryl methyl sites for hydroxylation is 1. The largest absolute Gasteiger partial charge is 0.362 e. The highest BCUT2D eigenvalue weighted by Crippen LogP contribution is 2.17. The second kappa shape index (κ2) is 6.94. The summed E-state index contributed by atoms with van der Waals surface area (Å²) in [5, 5.41) is 8.05. The van der Waals surface area contributed by atoms with Gasteiger partial charge in [-0.25, -0.2) is 13.1 Å². The molecule has 0 bridgehead atoms. The van der Waals surface area contributed by atoms with Gasteiger partial charge < -0.3 is 9.64 Å². The molecule has 0 spiro atoms. The maximum atomic E-state index is 12.6. The first kappa shape index (κ1) is 17.6. The molecule has 0 unspecified atom stereocenters. The minimum absolute atomic E-state index is 0.160. The Kier molecular flexibility index (Phi) is 4.88. The summed E-state index contributed by atoms with van der Waals surface area (Å²) in [6, 6.07) is 1.63. The summed E-state index contributed by atoms with van der Waals surface area (Å²) in [5.41, 5.74) is 0.320.